The van der Waals surface area contributed by atoms with Gasteiger partial charge in [0.2, 0.25) is 11.8 Å². The van der Waals surface area contributed by atoms with Crippen molar-refractivity contribution in [1.29, 1.82) is 0 Å². The van der Waals surface area contributed by atoms with Crippen LogP contribution in [0.2, 0.25) is 0 Å². The van der Waals surface area contributed by atoms with E-state index >= 15 is 0 Å². The molecule has 0 saturated carbocycles. The van der Waals surface area contributed by atoms with Gasteiger partial charge in [0.1, 0.15) is 0 Å². The summed E-state index contributed by atoms with van der Waals surface area (Å²) in [6.07, 6.45) is 2.80. The number of piperidine rings is 1. The van der Waals surface area contributed by atoms with Crippen molar-refractivity contribution in [2.24, 2.45) is 13.0 Å². The molecule has 2 amide bonds. The van der Waals surface area contributed by atoms with Gasteiger partial charge in [0, 0.05) is 26.2 Å². The molecule has 1 aromatic heterocycles. The number of rotatable bonds is 2. The minimum absolute atomic E-state index is 0.0200. The Morgan fingerprint density at radius 1 is 1.65 bits per heavy atom. The Hall–Kier alpha value is -1.85. The Bertz CT molecular complexity index is 442. The predicted octanol–water partition coefficient (Wildman–Crippen LogP) is 0.193. The molecule has 1 atom stereocenters. The maximum absolute atomic E-state index is 11.9. The molecule has 1 aromatic rings. The summed E-state index contributed by atoms with van der Waals surface area (Å²) in [5, 5.41) is 9.69. The largest absolute Gasteiger partial charge is 0.355 e. The van der Waals surface area contributed by atoms with Crippen LogP contribution in [0.5, 0.6) is 0 Å². The van der Waals surface area contributed by atoms with Crippen molar-refractivity contribution in [3.8, 4) is 0 Å². The van der Waals surface area contributed by atoms with E-state index in [0.29, 0.717) is 19.4 Å². The number of aryl methyl sites for hydroxylation is 2. The van der Waals surface area contributed by atoms with Crippen molar-refractivity contribution in [2.75, 3.05) is 11.9 Å². The molecule has 0 bridgehead atoms. The number of hydrogen-bond acceptors (Lipinski definition) is 3. The highest BCUT2D eigenvalue weighted by molar-refractivity contribution is 5.94. The number of amides is 2. The second kappa shape index (κ2) is 4.57. The van der Waals surface area contributed by atoms with Gasteiger partial charge >= 0.3 is 0 Å². The summed E-state index contributed by atoms with van der Waals surface area (Å²) < 4.78 is 1.66. The average molecular weight is 236 g/mol. The first-order chi connectivity index (χ1) is 8.06. The first-order valence-electron chi connectivity index (χ1n) is 5.64. The third-order valence-corrected chi connectivity index (χ3v) is 2.91. The van der Waals surface area contributed by atoms with E-state index in [-0.39, 0.29) is 17.7 Å². The van der Waals surface area contributed by atoms with E-state index in [2.05, 4.69) is 15.7 Å². The van der Waals surface area contributed by atoms with Gasteiger partial charge in [-0.25, -0.2) is 0 Å². The summed E-state index contributed by atoms with van der Waals surface area (Å²) in [6, 6.07) is 0. The Balaban J connectivity index is 1.97. The number of nitrogens with zero attached hydrogens (tertiary/aromatic N) is 2. The first-order valence-corrected chi connectivity index (χ1v) is 5.64. The molecule has 0 aromatic carbocycles. The number of nitrogens with one attached hydrogen (secondary N) is 2. The van der Waals surface area contributed by atoms with Gasteiger partial charge in [-0.1, -0.05) is 0 Å². The summed E-state index contributed by atoms with van der Waals surface area (Å²) in [5.74, 6) is -0.181. The van der Waals surface area contributed by atoms with Crippen LogP contribution in [-0.2, 0) is 16.6 Å². The van der Waals surface area contributed by atoms with E-state index in [9.17, 15) is 9.59 Å². The maximum Gasteiger partial charge on any atom is 0.229 e. The molecular formula is C11H16N4O2. The van der Waals surface area contributed by atoms with Gasteiger partial charge in [-0.3, -0.25) is 14.3 Å². The third-order valence-electron chi connectivity index (χ3n) is 2.91. The lowest BCUT2D eigenvalue weighted by atomic mass is 9.98. The maximum atomic E-state index is 11.9. The fraction of sp³-hybridized carbons (Fsp3) is 0.545. The Morgan fingerprint density at radius 2 is 2.41 bits per heavy atom. The number of carbonyl (C=O) groups is 2. The van der Waals surface area contributed by atoms with Crippen molar-refractivity contribution in [3.05, 3.63) is 11.9 Å². The smallest absolute Gasteiger partial charge is 0.229 e. The quantitative estimate of drug-likeness (QED) is 0.769. The van der Waals surface area contributed by atoms with E-state index in [4.69, 9.17) is 0 Å². The number of hydrogen-bond donors (Lipinski definition) is 2. The summed E-state index contributed by atoms with van der Waals surface area (Å²) in [7, 11) is 1.81. The van der Waals surface area contributed by atoms with Gasteiger partial charge in [0.25, 0.3) is 0 Å². The number of carbonyl (C=O) groups excluding carboxylic acids is 2. The van der Waals surface area contributed by atoms with Crippen LogP contribution in [0.25, 0.3) is 0 Å². The lowest BCUT2D eigenvalue weighted by molar-refractivity contribution is -0.126. The van der Waals surface area contributed by atoms with Crippen LogP contribution in [0.15, 0.2) is 6.20 Å². The van der Waals surface area contributed by atoms with Crippen LogP contribution in [0.4, 0.5) is 5.69 Å². The molecule has 0 spiro atoms. The monoisotopic (exact) mass is 236 g/mol. The molecule has 92 valence electrons. The van der Waals surface area contributed by atoms with E-state index in [1.165, 1.54) is 0 Å². The molecule has 2 rings (SSSR count). The van der Waals surface area contributed by atoms with Gasteiger partial charge < -0.3 is 10.6 Å². The van der Waals surface area contributed by atoms with Crippen LogP contribution >= 0.6 is 0 Å². The highest BCUT2D eigenvalue weighted by atomic mass is 16.2. The molecule has 1 fully saturated rings. The van der Waals surface area contributed by atoms with E-state index < -0.39 is 0 Å². The van der Waals surface area contributed by atoms with Crippen LogP contribution in [0.3, 0.4) is 0 Å². The Labute approximate surface area is 99.4 Å². The molecule has 6 heteroatoms. The van der Waals surface area contributed by atoms with Gasteiger partial charge in [0.05, 0.1) is 17.3 Å². The second-order valence-electron chi connectivity index (χ2n) is 4.33. The van der Waals surface area contributed by atoms with Gasteiger partial charge in [-0.15, -0.1) is 0 Å². The SMILES string of the molecule is Cc1nn(C)cc1NC(=O)C1CCC(=O)NC1. The Kier molecular flexibility index (Phi) is 3.12. The van der Waals surface area contributed by atoms with E-state index in [1.54, 1.807) is 10.9 Å². The number of anilines is 1. The summed E-state index contributed by atoms with van der Waals surface area (Å²) in [4.78, 5) is 22.9. The zero-order valence-corrected chi connectivity index (χ0v) is 9.99. The van der Waals surface area contributed by atoms with E-state index in [1.807, 2.05) is 14.0 Å². The lowest BCUT2D eigenvalue weighted by Crippen LogP contribution is -2.40. The standard InChI is InChI=1S/C11H16N4O2/c1-7-9(6-15(2)14-7)13-11(17)8-3-4-10(16)12-5-8/h6,8H,3-5H2,1-2H3,(H,12,16)(H,13,17). The molecular weight excluding hydrogens is 220 g/mol. The van der Waals surface area contributed by atoms with Crippen molar-refractivity contribution < 1.29 is 9.59 Å². The normalized spacial score (nSPS) is 19.9. The molecule has 1 aliphatic rings. The summed E-state index contributed by atoms with van der Waals surface area (Å²) >= 11 is 0. The third kappa shape index (κ3) is 2.64. The highest BCUT2D eigenvalue weighted by Gasteiger charge is 2.24. The predicted molar refractivity (Wildman–Crippen MR) is 62.3 cm³/mol. The van der Waals surface area contributed by atoms with E-state index in [0.717, 1.165) is 11.4 Å². The first kappa shape index (κ1) is 11.6. The summed E-state index contributed by atoms with van der Waals surface area (Å²) in [5.41, 5.74) is 1.52. The summed E-state index contributed by atoms with van der Waals surface area (Å²) in [6.45, 7) is 2.27. The molecule has 1 aliphatic heterocycles. The average Bonchev–Trinajstić information content (AvgIpc) is 2.58. The minimum Gasteiger partial charge on any atom is -0.355 e. The second-order valence-corrected chi connectivity index (χ2v) is 4.33. The van der Waals surface area contributed by atoms with Crippen molar-refractivity contribution in [3.63, 3.8) is 0 Å². The fourth-order valence-corrected chi connectivity index (χ4v) is 1.91. The van der Waals surface area contributed by atoms with Crippen LogP contribution in [0, 0.1) is 12.8 Å². The number of aromatic nitrogens is 2. The van der Waals surface area contributed by atoms with Gasteiger partial charge in [-0.2, -0.15) is 5.10 Å². The molecule has 0 aliphatic carbocycles. The van der Waals surface area contributed by atoms with Crippen molar-refractivity contribution >= 4 is 17.5 Å². The van der Waals surface area contributed by atoms with Crippen LogP contribution < -0.4 is 10.6 Å². The molecule has 2 heterocycles. The van der Waals surface area contributed by atoms with Gasteiger partial charge in [-0.05, 0) is 13.3 Å². The highest BCUT2D eigenvalue weighted by Crippen LogP contribution is 2.16. The molecule has 6 nitrogen and oxygen atoms in total. The Morgan fingerprint density at radius 3 is 2.94 bits per heavy atom. The van der Waals surface area contributed by atoms with Gasteiger partial charge in [0.15, 0.2) is 0 Å². The zero-order valence-electron chi connectivity index (χ0n) is 9.99. The fourth-order valence-electron chi connectivity index (χ4n) is 1.91. The molecule has 1 unspecified atom stereocenters. The van der Waals surface area contributed by atoms with Crippen molar-refractivity contribution in [1.82, 2.24) is 15.1 Å². The van der Waals surface area contributed by atoms with Crippen LogP contribution in [-0.4, -0.2) is 28.1 Å². The molecule has 1 saturated heterocycles. The molecule has 2 N–H and O–H groups in total. The lowest BCUT2D eigenvalue weighted by Gasteiger charge is -2.21. The topological polar surface area (TPSA) is 76.0 Å². The molecule has 17 heavy (non-hydrogen) atoms. The van der Waals surface area contributed by atoms with Crippen molar-refractivity contribution in [2.45, 2.75) is 19.8 Å². The zero-order chi connectivity index (χ0) is 12.4. The minimum atomic E-state index is -0.146. The molecule has 0 radical (unpaired) electrons. The van der Waals surface area contributed by atoms with Crippen LogP contribution in [0.1, 0.15) is 18.5 Å².